The van der Waals surface area contributed by atoms with Crippen LogP contribution in [0, 0.1) is 5.92 Å². The summed E-state index contributed by atoms with van der Waals surface area (Å²) < 4.78 is 0. The zero-order valence-electron chi connectivity index (χ0n) is 14.8. The van der Waals surface area contributed by atoms with Crippen LogP contribution >= 0.6 is 0 Å². The predicted molar refractivity (Wildman–Crippen MR) is 93.8 cm³/mol. The van der Waals surface area contributed by atoms with E-state index in [4.69, 9.17) is 0 Å². The van der Waals surface area contributed by atoms with E-state index in [-0.39, 0.29) is 5.92 Å². The van der Waals surface area contributed by atoms with E-state index in [1.54, 1.807) is 12.4 Å². The summed E-state index contributed by atoms with van der Waals surface area (Å²) in [6.07, 6.45) is 5.31. The van der Waals surface area contributed by atoms with Gasteiger partial charge >= 0.3 is 5.97 Å². The van der Waals surface area contributed by atoms with Gasteiger partial charge in [-0.3, -0.25) is 4.79 Å². The molecule has 0 saturated carbocycles. The molecule has 2 unspecified atom stereocenters. The maximum Gasteiger partial charge on any atom is 0.307 e. The number of hydrogen-bond donors (Lipinski definition) is 3. The van der Waals surface area contributed by atoms with Crippen LogP contribution in [0.1, 0.15) is 37.1 Å². The molecule has 2 aromatic heterocycles. The van der Waals surface area contributed by atoms with Gasteiger partial charge in [-0.25, -0.2) is 9.97 Å². The SMILES string of the molecule is CCCC(C(=O)O)C(Cc1cnc(N2CCNCC2)nc1)c1nn[nH]n1. The summed E-state index contributed by atoms with van der Waals surface area (Å²) in [6, 6.07) is 0. The molecule has 26 heavy (non-hydrogen) atoms. The number of nitrogens with one attached hydrogen (secondary N) is 2. The zero-order valence-corrected chi connectivity index (χ0v) is 14.8. The lowest BCUT2D eigenvalue weighted by molar-refractivity contribution is -0.142. The number of carboxylic acids is 1. The summed E-state index contributed by atoms with van der Waals surface area (Å²) >= 11 is 0. The lowest BCUT2D eigenvalue weighted by Gasteiger charge is -2.27. The van der Waals surface area contributed by atoms with Gasteiger partial charge < -0.3 is 15.3 Å². The number of anilines is 1. The molecule has 0 amide bonds. The number of rotatable bonds is 8. The normalized spacial score (nSPS) is 17.0. The molecule has 1 aliphatic rings. The quantitative estimate of drug-likeness (QED) is 0.605. The number of aliphatic carboxylic acids is 1. The Morgan fingerprint density at radius 2 is 2.04 bits per heavy atom. The van der Waals surface area contributed by atoms with Gasteiger partial charge in [0.25, 0.3) is 0 Å². The maximum atomic E-state index is 11.7. The minimum Gasteiger partial charge on any atom is -0.481 e. The van der Waals surface area contributed by atoms with Gasteiger partial charge in [0, 0.05) is 44.5 Å². The van der Waals surface area contributed by atoms with Crippen LogP contribution in [-0.4, -0.2) is 67.8 Å². The second-order valence-corrected chi connectivity index (χ2v) is 6.44. The molecule has 10 heteroatoms. The Bertz CT molecular complexity index is 685. The van der Waals surface area contributed by atoms with Crippen molar-refractivity contribution < 1.29 is 9.90 Å². The first-order chi connectivity index (χ1) is 12.7. The molecular weight excluding hydrogens is 336 g/mol. The highest BCUT2D eigenvalue weighted by Crippen LogP contribution is 2.29. The minimum atomic E-state index is -0.847. The van der Waals surface area contributed by atoms with Crippen molar-refractivity contribution in [3.63, 3.8) is 0 Å². The Morgan fingerprint density at radius 3 is 2.62 bits per heavy atom. The molecule has 3 N–H and O–H groups in total. The molecule has 2 atom stereocenters. The number of hydrogen-bond acceptors (Lipinski definition) is 8. The van der Waals surface area contributed by atoms with Gasteiger partial charge in [-0.1, -0.05) is 18.6 Å². The fraction of sp³-hybridized carbons (Fsp3) is 0.625. The van der Waals surface area contributed by atoms with Crippen molar-refractivity contribution in [2.45, 2.75) is 32.1 Å². The monoisotopic (exact) mass is 360 g/mol. The summed E-state index contributed by atoms with van der Waals surface area (Å²) in [5, 5.41) is 27.0. The highest BCUT2D eigenvalue weighted by Gasteiger charge is 2.32. The van der Waals surface area contributed by atoms with E-state index >= 15 is 0 Å². The highest BCUT2D eigenvalue weighted by molar-refractivity contribution is 5.71. The van der Waals surface area contributed by atoms with Gasteiger partial charge in [0.15, 0.2) is 5.82 Å². The van der Waals surface area contributed by atoms with E-state index in [0.717, 1.165) is 38.2 Å². The third-order valence-corrected chi connectivity index (χ3v) is 4.64. The smallest absolute Gasteiger partial charge is 0.307 e. The van der Waals surface area contributed by atoms with Crippen molar-refractivity contribution in [3.05, 3.63) is 23.8 Å². The Hall–Kier alpha value is -2.62. The molecular formula is C16H24N8O2. The number of aromatic amines is 1. The average Bonchev–Trinajstić information content (AvgIpc) is 3.20. The molecule has 3 heterocycles. The van der Waals surface area contributed by atoms with E-state index in [9.17, 15) is 9.90 Å². The van der Waals surface area contributed by atoms with Gasteiger partial charge in [-0.2, -0.15) is 5.21 Å². The number of H-pyrrole nitrogens is 1. The van der Waals surface area contributed by atoms with E-state index in [2.05, 4.69) is 40.8 Å². The summed E-state index contributed by atoms with van der Waals surface area (Å²) in [5.74, 6) is -0.683. The molecule has 0 spiro atoms. The Balaban J connectivity index is 1.77. The molecule has 0 bridgehead atoms. The Labute approximate surface area is 151 Å². The number of aromatic nitrogens is 6. The second-order valence-electron chi connectivity index (χ2n) is 6.44. The van der Waals surface area contributed by atoms with E-state index in [1.807, 2.05) is 6.92 Å². The van der Waals surface area contributed by atoms with Crippen molar-refractivity contribution in [2.75, 3.05) is 31.1 Å². The van der Waals surface area contributed by atoms with Crippen LogP contribution < -0.4 is 10.2 Å². The molecule has 1 fully saturated rings. The van der Waals surface area contributed by atoms with Crippen LogP contribution in [0.5, 0.6) is 0 Å². The van der Waals surface area contributed by atoms with Crippen molar-refractivity contribution in [3.8, 4) is 0 Å². The molecule has 140 valence electrons. The first kappa shape index (κ1) is 18.2. The molecule has 1 aliphatic heterocycles. The molecule has 0 aromatic carbocycles. The Kier molecular flexibility index (Phi) is 6.05. The van der Waals surface area contributed by atoms with Gasteiger partial charge in [0.05, 0.1) is 5.92 Å². The largest absolute Gasteiger partial charge is 0.481 e. The van der Waals surface area contributed by atoms with Crippen LogP contribution in [0.4, 0.5) is 5.95 Å². The first-order valence-electron chi connectivity index (χ1n) is 8.91. The van der Waals surface area contributed by atoms with Crippen LogP contribution in [0.2, 0.25) is 0 Å². The fourth-order valence-corrected chi connectivity index (χ4v) is 3.28. The van der Waals surface area contributed by atoms with E-state index in [1.165, 1.54) is 0 Å². The van der Waals surface area contributed by atoms with E-state index in [0.29, 0.717) is 24.6 Å². The fourth-order valence-electron chi connectivity index (χ4n) is 3.28. The predicted octanol–water partition coefficient (Wildman–Crippen LogP) is 0.227. The van der Waals surface area contributed by atoms with Gasteiger partial charge in [0.1, 0.15) is 0 Å². The molecule has 0 radical (unpaired) electrons. The molecule has 10 nitrogen and oxygen atoms in total. The van der Waals surface area contributed by atoms with Gasteiger partial charge in [-0.05, 0) is 18.4 Å². The van der Waals surface area contributed by atoms with Crippen molar-refractivity contribution >= 4 is 11.9 Å². The third-order valence-electron chi connectivity index (χ3n) is 4.64. The van der Waals surface area contributed by atoms with Gasteiger partial charge in [-0.15, -0.1) is 10.2 Å². The second kappa shape index (κ2) is 8.65. The summed E-state index contributed by atoms with van der Waals surface area (Å²) in [6.45, 7) is 5.56. The lowest BCUT2D eigenvalue weighted by Crippen LogP contribution is -2.44. The third kappa shape index (κ3) is 4.31. The van der Waals surface area contributed by atoms with Crippen LogP contribution in [0.25, 0.3) is 0 Å². The van der Waals surface area contributed by atoms with Crippen molar-refractivity contribution in [2.24, 2.45) is 5.92 Å². The number of carbonyl (C=O) groups is 1. The molecule has 2 aromatic rings. The van der Waals surface area contributed by atoms with Crippen LogP contribution in [0.3, 0.4) is 0 Å². The number of nitrogens with zero attached hydrogens (tertiary/aromatic N) is 6. The van der Waals surface area contributed by atoms with Crippen molar-refractivity contribution in [1.29, 1.82) is 0 Å². The standard InChI is InChI=1S/C16H24N8O2/c1-2-3-12(15(25)26)13(14-20-22-23-21-14)8-11-9-18-16(19-10-11)24-6-4-17-5-7-24/h9-10,12-13,17H,2-8H2,1H3,(H,25,26)(H,20,21,22,23). The van der Waals surface area contributed by atoms with Crippen molar-refractivity contribution in [1.82, 2.24) is 35.9 Å². The van der Waals surface area contributed by atoms with Crippen LogP contribution in [-0.2, 0) is 11.2 Å². The highest BCUT2D eigenvalue weighted by atomic mass is 16.4. The van der Waals surface area contributed by atoms with Crippen LogP contribution in [0.15, 0.2) is 12.4 Å². The summed E-state index contributed by atoms with van der Waals surface area (Å²) in [7, 11) is 0. The molecule has 0 aliphatic carbocycles. The number of piperazine rings is 1. The molecule has 1 saturated heterocycles. The summed E-state index contributed by atoms with van der Waals surface area (Å²) in [5.41, 5.74) is 0.862. The summed E-state index contributed by atoms with van der Waals surface area (Å²) in [4.78, 5) is 22.8. The maximum absolute atomic E-state index is 11.7. The average molecular weight is 360 g/mol. The number of tetrazole rings is 1. The minimum absolute atomic E-state index is 0.375. The lowest BCUT2D eigenvalue weighted by atomic mass is 9.84. The van der Waals surface area contributed by atoms with E-state index < -0.39 is 11.9 Å². The first-order valence-corrected chi connectivity index (χ1v) is 8.91. The number of carboxylic acid groups (broad SMARTS) is 1. The zero-order chi connectivity index (χ0) is 18.4. The molecule has 3 rings (SSSR count). The topological polar surface area (TPSA) is 133 Å². The Morgan fingerprint density at radius 1 is 1.31 bits per heavy atom. The van der Waals surface area contributed by atoms with Gasteiger partial charge in [0.2, 0.25) is 5.95 Å².